The molecule has 1 saturated heterocycles. The highest BCUT2D eigenvalue weighted by molar-refractivity contribution is 5.63. The van der Waals surface area contributed by atoms with Crippen molar-refractivity contribution in [3.05, 3.63) is 35.9 Å². The fourth-order valence-electron chi connectivity index (χ4n) is 1.23. The summed E-state index contributed by atoms with van der Waals surface area (Å²) in [5.74, 6) is 5.83. The normalized spacial score (nSPS) is 23.7. The minimum absolute atomic E-state index is 0.186. The van der Waals surface area contributed by atoms with Gasteiger partial charge in [0.05, 0.1) is 0 Å². The number of rotatable bonds is 0. The molecule has 0 amide bonds. The molecule has 3 nitrogen and oxygen atoms in total. The Labute approximate surface area is 88.0 Å². The van der Waals surface area contributed by atoms with Crippen molar-refractivity contribution in [2.45, 2.75) is 12.5 Å². The molecule has 0 aliphatic carbocycles. The Bertz CT molecular complexity index is 427. The molecule has 0 bridgehead atoms. The van der Waals surface area contributed by atoms with Crippen LogP contribution in [0.2, 0.25) is 0 Å². The second-order valence-electron chi connectivity index (χ2n) is 3.49. The van der Waals surface area contributed by atoms with Crippen molar-refractivity contribution in [1.82, 2.24) is 0 Å². The number of benzene rings is 1. The molecule has 0 saturated carbocycles. The first-order chi connectivity index (χ1) is 7.18. The van der Waals surface area contributed by atoms with E-state index in [0.717, 1.165) is 5.56 Å². The summed E-state index contributed by atoms with van der Waals surface area (Å²) in [7, 11) is 0. The Morgan fingerprint density at radius 3 is 2.67 bits per heavy atom. The van der Waals surface area contributed by atoms with Crippen molar-refractivity contribution >= 4 is 6.16 Å². The maximum absolute atomic E-state index is 10.8. The van der Waals surface area contributed by atoms with Gasteiger partial charge in [-0.25, -0.2) is 4.79 Å². The van der Waals surface area contributed by atoms with Gasteiger partial charge in [0.2, 0.25) is 5.60 Å². The molecule has 1 unspecified atom stereocenters. The van der Waals surface area contributed by atoms with Gasteiger partial charge in [0.15, 0.2) is 0 Å². The van der Waals surface area contributed by atoms with Crippen molar-refractivity contribution in [3.8, 4) is 11.8 Å². The zero-order valence-corrected chi connectivity index (χ0v) is 8.32. The van der Waals surface area contributed by atoms with Crippen LogP contribution in [0.3, 0.4) is 0 Å². The number of carbonyl (C=O) groups is 1. The zero-order chi connectivity index (χ0) is 10.7. The summed E-state index contributed by atoms with van der Waals surface area (Å²) in [6, 6.07) is 9.53. The van der Waals surface area contributed by atoms with Crippen LogP contribution in [0.1, 0.15) is 12.5 Å². The lowest BCUT2D eigenvalue weighted by Gasteiger charge is -2.09. The molecule has 2 rings (SSSR count). The van der Waals surface area contributed by atoms with Gasteiger partial charge in [0, 0.05) is 5.56 Å². The molecule has 1 aromatic rings. The van der Waals surface area contributed by atoms with Gasteiger partial charge >= 0.3 is 6.16 Å². The average Bonchev–Trinajstić information content (AvgIpc) is 2.58. The van der Waals surface area contributed by atoms with E-state index in [9.17, 15) is 4.79 Å². The van der Waals surface area contributed by atoms with Crippen LogP contribution >= 0.6 is 0 Å². The molecule has 0 radical (unpaired) electrons. The van der Waals surface area contributed by atoms with Gasteiger partial charge in [0.25, 0.3) is 0 Å². The highest BCUT2D eigenvalue weighted by Gasteiger charge is 2.36. The van der Waals surface area contributed by atoms with E-state index in [1.807, 2.05) is 30.3 Å². The largest absolute Gasteiger partial charge is 0.510 e. The Morgan fingerprint density at radius 2 is 2.07 bits per heavy atom. The number of cyclic esters (lactones) is 2. The quantitative estimate of drug-likeness (QED) is 0.476. The van der Waals surface area contributed by atoms with Gasteiger partial charge < -0.3 is 9.47 Å². The molecule has 0 aromatic heterocycles. The molecule has 3 heteroatoms. The van der Waals surface area contributed by atoms with E-state index in [4.69, 9.17) is 9.47 Å². The Hall–Kier alpha value is -1.95. The molecule has 1 aromatic carbocycles. The number of hydrogen-bond acceptors (Lipinski definition) is 3. The summed E-state index contributed by atoms with van der Waals surface area (Å²) >= 11 is 0. The molecule has 76 valence electrons. The molecule has 1 atom stereocenters. The van der Waals surface area contributed by atoms with E-state index in [-0.39, 0.29) is 6.61 Å². The minimum atomic E-state index is -0.813. The third kappa shape index (κ3) is 2.29. The van der Waals surface area contributed by atoms with E-state index in [2.05, 4.69) is 11.8 Å². The highest BCUT2D eigenvalue weighted by atomic mass is 16.8. The predicted octanol–water partition coefficient (Wildman–Crippen LogP) is 1.96. The number of hydrogen-bond donors (Lipinski definition) is 0. The Kier molecular flexibility index (Phi) is 2.34. The van der Waals surface area contributed by atoms with Crippen molar-refractivity contribution in [3.63, 3.8) is 0 Å². The molecule has 1 fully saturated rings. The van der Waals surface area contributed by atoms with Gasteiger partial charge in [-0.3, -0.25) is 0 Å². The molecule has 0 spiro atoms. The van der Waals surface area contributed by atoms with E-state index < -0.39 is 11.8 Å². The summed E-state index contributed by atoms with van der Waals surface area (Å²) in [6.45, 7) is 1.92. The monoisotopic (exact) mass is 202 g/mol. The molecule has 0 N–H and O–H groups in total. The summed E-state index contributed by atoms with van der Waals surface area (Å²) in [6.07, 6.45) is -0.653. The zero-order valence-electron chi connectivity index (χ0n) is 8.32. The fourth-order valence-corrected chi connectivity index (χ4v) is 1.23. The van der Waals surface area contributed by atoms with Crippen LogP contribution in [-0.4, -0.2) is 18.4 Å². The lowest BCUT2D eigenvalue weighted by Crippen LogP contribution is -2.24. The summed E-state index contributed by atoms with van der Waals surface area (Å²) in [5.41, 5.74) is 0.0779. The van der Waals surface area contributed by atoms with Crippen LogP contribution in [0.5, 0.6) is 0 Å². The molecule has 1 heterocycles. The third-order valence-electron chi connectivity index (χ3n) is 2.02. The fraction of sp³-hybridized carbons (Fsp3) is 0.250. The smallest absolute Gasteiger partial charge is 0.429 e. The van der Waals surface area contributed by atoms with Crippen molar-refractivity contribution < 1.29 is 14.3 Å². The first kappa shape index (κ1) is 9.60. The van der Waals surface area contributed by atoms with Crippen LogP contribution in [0.25, 0.3) is 0 Å². The average molecular weight is 202 g/mol. The number of carbonyl (C=O) groups excluding carboxylic acids is 1. The third-order valence-corrected chi connectivity index (χ3v) is 2.02. The van der Waals surface area contributed by atoms with Gasteiger partial charge in [-0.05, 0) is 25.0 Å². The minimum Gasteiger partial charge on any atom is -0.429 e. The van der Waals surface area contributed by atoms with Crippen LogP contribution in [-0.2, 0) is 9.47 Å². The van der Waals surface area contributed by atoms with Crippen LogP contribution in [0.15, 0.2) is 30.3 Å². The van der Waals surface area contributed by atoms with Crippen molar-refractivity contribution in [2.24, 2.45) is 0 Å². The molecule has 1 aliphatic rings. The second kappa shape index (κ2) is 3.66. The number of ether oxygens (including phenoxy) is 2. The van der Waals surface area contributed by atoms with E-state index in [1.54, 1.807) is 6.92 Å². The molecular weight excluding hydrogens is 192 g/mol. The molecule has 1 aliphatic heterocycles. The Balaban J connectivity index is 2.15. The van der Waals surface area contributed by atoms with Crippen molar-refractivity contribution in [2.75, 3.05) is 6.61 Å². The van der Waals surface area contributed by atoms with Crippen molar-refractivity contribution in [1.29, 1.82) is 0 Å². The van der Waals surface area contributed by atoms with E-state index in [1.165, 1.54) is 0 Å². The maximum Gasteiger partial charge on any atom is 0.510 e. The molecule has 15 heavy (non-hydrogen) atoms. The second-order valence-corrected chi connectivity index (χ2v) is 3.49. The lowest BCUT2D eigenvalue weighted by atomic mass is 10.1. The lowest BCUT2D eigenvalue weighted by molar-refractivity contribution is 0.103. The van der Waals surface area contributed by atoms with Gasteiger partial charge in [-0.2, -0.15) is 0 Å². The van der Waals surface area contributed by atoms with Crippen LogP contribution in [0, 0.1) is 11.8 Å². The van der Waals surface area contributed by atoms with Crippen LogP contribution < -0.4 is 0 Å². The highest BCUT2D eigenvalue weighted by Crippen LogP contribution is 2.18. The van der Waals surface area contributed by atoms with Gasteiger partial charge in [-0.15, -0.1) is 0 Å². The van der Waals surface area contributed by atoms with Gasteiger partial charge in [0.1, 0.15) is 6.61 Å². The van der Waals surface area contributed by atoms with E-state index in [0.29, 0.717) is 0 Å². The van der Waals surface area contributed by atoms with E-state index >= 15 is 0 Å². The van der Waals surface area contributed by atoms with Crippen LogP contribution in [0.4, 0.5) is 4.79 Å². The standard InChI is InChI=1S/C12H10O3/c1-12(9-14-11(13)15-12)8-7-10-5-3-2-4-6-10/h2-6H,9H2,1H3. The summed E-state index contributed by atoms with van der Waals surface area (Å²) in [5, 5.41) is 0. The van der Waals surface area contributed by atoms with Gasteiger partial charge in [-0.1, -0.05) is 24.1 Å². The summed E-state index contributed by atoms with van der Waals surface area (Å²) in [4.78, 5) is 10.8. The predicted molar refractivity (Wildman–Crippen MR) is 54.2 cm³/mol. The molecular formula is C12H10O3. The topological polar surface area (TPSA) is 35.5 Å². The first-order valence-corrected chi connectivity index (χ1v) is 4.62. The maximum atomic E-state index is 10.8. The summed E-state index contributed by atoms with van der Waals surface area (Å²) < 4.78 is 9.63. The SMILES string of the molecule is CC1(C#Cc2ccccc2)COC(=O)O1. The first-order valence-electron chi connectivity index (χ1n) is 4.62. The Morgan fingerprint density at radius 1 is 1.33 bits per heavy atom.